The molecular weight excluding hydrogens is 719 g/mol. The van der Waals surface area contributed by atoms with Crippen molar-refractivity contribution in [1.82, 2.24) is 4.90 Å². The number of rotatable bonds is 12. The number of methoxy groups -OCH3 is 2. The second-order valence-corrected chi connectivity index (χ2v) is 14.9. The molecule has 3 aliphatic rings. The molecule has 0 unspecified atom stereocenters. The highest BCUT2D eigenvalue weighted by Gasteiger charge is 2.38. The lowest BCUT2D eigenvalue weighted by molar-refractivity contribution is -0.605. The average Bonchev–Trinajstić information content (AvgIpc) is 3.14. The number of fused-ring (bicyclic) bond motifs is 3. The maximum absolute atomic E-state index is 14.0. The largest absolute Gasteiger partial charge is 0.619 e. The average molecular weight is 764 g/mol. The van der Waals surface area contributed by atoms with Crippen LogP contribution in [0.4, 0.5) is 10.5 Å². The van der Waals surface area contributed by atoms with Gasteiger partial charge >= 0.3 is 12.1 Å². The lowest BCUT2D eigenvalue weighted by Gasteiger charge is -2.44. The van der Waals surface area contributed by atoms with Crippen molar-refractivity contribution in [2.24, 2.45) is 11.7 Å². The van der Waals surface area contributed by atoms with Crippen LogP contribution >= 0.6 is 23.2 Å². The van der Waals surface area contributed by atoms with Crippen molar-refractivity contribution in [3.8, 4) is 11.5 Å². The van der Waals surface area contributed by atoms with Crippen molar-refractivity contribution in [3.05, 3.63) is 122 Å². The molecule has 0 saturated carbocycles. The summed E-state index contributed by atoms with van der Waals surface area (Å²) in [4.78, 5) is 31.7. The van der Waals surface area contributed by atoms with Crippen LogP contribution in [0.15, 0.2) is 79.1 Å². The lowest BCUT2D eigenvalue weighted by Crippen LogP contribution is -2.53. The number of piperidine rings is 3. The third-order valence-electron chi connectivity index (χ3n) is 9.96. The number of benzene rings is 3. The second kappa shape index (κ2) is 16.2. The summed E-state index contributed by atoms with van der Waals surface area (Å²) in [6.07, 6.45) is 3.00. The van der Waals surface area contributed by atoms with Gasteiger partial charge in [-0.25, -0.2) is 9.59 Å². The van der Waals surface area contributed by atoms with Gasteiger partial charge in [0.1, 0.15) is 22.3 Å². The fourth-order valence-corrected chi connectivity index (χ4v) is 7.66. The number of nitrogens with two attached hydrogens (primary N) is 1. The molecule has 280 valence electrons. The Balaban J connectivity index is 1.25. The van der Waals surface area contributed by atoms with E-state index in [9.17, 15) is 14.8 Å². The van der Waals surface area contributed by atoms with Gasteiger partial charge in [0.15, 0.2) is 23.9 Å². The van der Waals surface area contributed by atoms with Crippen molar-refractivity contribution in [1.29, 1.82) is 0 Å². The number of nitrogens with zero attached hydrogens (tertiary/aromatic N) is 3. The zero-order chi connectivity index (χ0) is 37.9. The van der Waals surface area contributed by atoms with Gasteiger partial charge in [-0.1, -0.05) is 59.6 Å². The van der Waals surface area contributed by atoms with Crippen LogP contribution < -0.4 is 24.8 Å². The number of amides is 1. The Hall–Kier alpha value is -4.55. The molecule has 7 rings (SSSR count). The van der Waals surface area contributed by atoms with Gasteiger partial charge in [0, 0.05) is 24.1 Å². The molecule has 4 aromatic rings. The quantitative estimate of drug-likeness (QED) is 0.0904. The number of anilines is 1. The van der Waals surface area contributed by atoms with Gasteiger partial charge in [-0.05, 0) is 92.7 Å². The summed E-state index contributed by atoms with van der Waals surface area (Å²) in [6.45, 7) is 6.78. The van der Waals surface area contributed by atoms with E-state index in [1.54, 1.807) is 47.4 Å². The molecule has 0 aliphatic carbocycles. The van der Waals surface area contributed by atoms with Gasteiger partial charge in [-0.2, -0.15) is 4.73 Å². The molecule has 0 radical (unpaired) electrons. The number of carbonyl (C=O) groups is 2. The molecule has 13 heteroatoms. The Bertz CT molecular complexity index is 1920. The van der Waals surface area contributed by atoms with Crippen LogP contribution in [0, 0.1) is 11.1 Å². The van der Waals surface area contributed by atoms with E-state index in [0.717, 1.165) is 43.6 Å². The fraction of sp³-hybridized carbons (Fsp3) is 0.375. The van der Waals surface area contributed by atoms with Gasteiger partial charge in [-0.15, -0.1) is 0 Å². The minimum absolute atomic E-state index is 0.0748. The molecule has 53 heavy (non-hydrogen) atoms. The predicted molar refractivity (Wildman–Crippen MR) is 203 cm³/mol. The van der Waals surface area contributed by atoms with Crippen molar-refractivity contribution in [2.75, 3.05) is 38.8 Å². The minimum Gasteiger partial charge on any atom is -0.619 e. The van der Waals surface area contributed by atoms with E-state index < -0.39 is 23.7 Å². The first-order valence-electron chi connectivity index (χ1n) is 17.5. The number of aromatic nitrogens is 1. The molecule has 2 atom stereocenters. The Morgan fingerprint density at radius 1 is 0.981 bits per heavy atom. The van der Waals surface area contributed by atoms with Crippen molar-refractivity contribution < 1.29 is 33.3 Å². The fourth-order valence-electron chi connectivity index (χ4n) is 7.06. The minimum atomic E-state index is -0.868. The molecule has 2 N–H and O–H groups in total. The normalized spacial score (nSPS) is 18.6. The number of hydrogen-bond donors (Lipinski definition) is 1. The number of esters is 1. The number of carbonyl (C=O) groups excluding carboxylic acids is 2. The molecule has 11 nitrogen and oxygen atoms in total. The van der Waals surface area contributed by atoms with E-state index in [1.807, 2.05) is 38.1 Å². The third-order valence-corrected chi connectivity index (χ3v) is 10.6. The SMILES string of the molecule is COc1ccc([C@H](Cc2c(Cl)c[n+]([O-])cc2Cl)OC(=O)c2ccc(CN(C(=O)O[C@H]3CN4CCC3CC4)c3ccccc3C(C)(C)N)cc2)cc1OC. The Morgan fingerprint density at radius 3 is 2.25 bits per heavy atom. The standard InChI is InChI=1S/C40H44Cl2N4O7/c1-40(2,43)30-7-5-6-8-33(30)46(39(48)53-37-24-44-17-15-26(37)16-18-44)21-25-9-11-27(12-10-25)38(47)52-35(20-29-31(41)22-45(49)23-32(29)42)28-13-14-34(50-3)36(19-28)51-4/h5-14,19,22-23,26,35,37H,15-18,20-21,24,43H2,1-4H3/t35-,37-/m0/s1. The molecule has 2 bridgehead atoms. The van der Waals surface area contributed by atoms with Crippen LogP contribution in [-0.2, 0) is 28.0 Å². The number of ether oxygens (including phenoxy) is 4. The Labute approximate surface area is 319 Å². The summed E-state index contributed by atoms with van der Waals surface area (Å²) in [5.41, 5.74) is 9.40. The first kappa shape index (κ1) is 38.2. The summed E-state index contributed by atoms with van der Waals surface area (Å²) in [7, 11) is 3.04. The van der Waals surface area contributed by atoms with Crippen LogP contribution in [0.25, 0.3) is 0 Å². The topological polar surface area (TPSA) is 130 Å². The highest BCUT2D eigenvalue weighted by Crippen LogP contribution is 2.37. The second-order valence-electron chi connectivity index (χ2n) is 14.1. The van der Waals surface area contributed by atoms with Crippen LogP contribution in [-0.4, -0.2) is 56.9 Å². The van der Waals surface area contributed by atoms with E-state index in [1.165, 1.54) is 26.6 Å². The number of pyridine rings is 1. The van der Waals surface area contributed by atoms with Gasteiger partial charge in [0.2, 0.25) is 0 Å². The van der Waals surface area contributed by atoms with Crippen molar-refractivity contribution >= 4 is 41.0 Å². The number of halogens is 2. The zero-order valence-electron chi connectivity index (χ0n) is 30.2. The maximum Gasteiger partial charge on any atom is 0.414 e. The summed E-state index contributed by atoms with van der Waals surface area (Å²) in [5.74, 6) is 0.679. The highest BCUT2D eigenvalue weighted by atomic mass is 35.5. The first-order valence-corrected chi connectivity index (χ1v) is 18.3. The van der Waals surface area contributed by atoms with Crippen LogP contribution in [0.3, 0.4) is 0 Å². The Morgan fingerprint density at radius 2 is 1.64 bits per heavy atom. The van der Waals surface area contributed by atoms with E-state index in [4.69, 9.17) is 47.9 Å². The molecule has 3 aliphatic heterocycles. The van der Waals surface area contributed by atoms with Gasteiger partial charge < -0.3 is 29.9 Å². The summed E-state index contributed by atoms with van der Waals surface area (Å²) >= 11 is 12.8. The number of hydrogen-bond acceptors (Lipinski definition) is 9. The maximum atomic E-state index is 14.0. The zero-order valence-corrected chi connectivity index (χ0v) is 31.7. The molecule has 1 amide bonds. The lowest BCUT2D eigenvalue weighted by atomic mass is 9.86. The highest BCUT2D eigenvalue weighted by molar-refractivity contribution is 6.35. The van der Waals surface area contributed by atoms with E-state index in [0.29, 0.717) is 39.0 Å². The summed E-state index contributed by atoms with van der Waals surface area (Å²) < 4.78 is 23.7. The third kappa shape index (κ3) is 8.81. The molecule has 3 saturated heterocycles. The predicted octanol–water partition coefficient (Wildman–Crippen LogP) is 7.22. The van der Waals surface area contributed by atoms with E-state index in [-0.39, 0.29) is 34.7 Å². The molecule has 0 spiro atoms. The molecule has 3 aromatic carbocycles. The van der Waals surface area contributed by atoms with E-state index in [2.05, 4.69) is 4.90 Å². The summed E-state index contributed by atoms with van der Waals surface area (Å²) in [6, 6.07) is 19.6. The van der Waals surface area contributed by atoms with E-state index >= 15 is 0 Å². The van der Waals surface area contributed by atoms with Crippen LogP contribution in [0.1, 0.15) is 65.4 Å². The van der Waals surface area contributed by atoms with Gasteiger partial charge in [-0.3, -0.25) is 9.80 Å². The van der Waals surface area contributed by atoms with Crippen LogP contribution in [0.2, 0.25) is 10.0 Å². The summed E-state index contributed by atoms with van der Waals surface area (Å²) in [5, 5.41) is 12.2. The van der Waals surface area contributed by atoms with Crippen molar-refractivity contribution in [2.45, 2.75) is 57.4 Å². The van der Waals surface area contributed by atoms with Gasteiger partial charge in [0.25, 0.3) is 0 Å². The smallest absolute Gasteiger partial charge is 0.414 e. The molecular formula is C40H44Cl2N4O7. The first-order chi connectivity index (χ1) is 25.3. The molecule has 1 aromatic heterocycles. The molecule has 3 fully saturated rings. The van der Waals surface area contributed by atoms with Gasteiger partial charge in [0.05, 0.1) is 32.0 Å². The van der Waals surface area contributed by atoms with Crippen molar-refractivity contribution in [3.63, 3.8) is 0 Å². The number of para-hydroxylation sites is 1. The Kier molecular flexibility index (Phi) is 11.7. The molecule has 4 heterocycles. The monoisotopic (exact) mass is 762 g/mol. The van der Waals surface area contributed by atoms with Crippen LogP contribution in [0.5, 0.6) is 11.5 Å².